The fraction of sp³-hybridized carbons (Fsp3) is 0.182. The van der Waals surface area contributed by atoms with E-state index in [0.717, 1.165) is 16.7 Å². The minimum Gasteiger partial charge on any atom is -0.429 e. The summed E-state index contributed by atoms with van der Waals surface area (Å²) in [5.74, 6) is 0.245. The summed E-state index contributed by atoms with van der Waals surface area (Å²) < 4.78 is 0. The number of guanidine groups is 1. The van der Waals surface area contributed by atoms with Crippen LogP contribution in [0.25, 0.3) is 6.08 Å². The Morgan fingerprint density at radius 1 is 1.50 bits per heavy atom. The maximum atomic E-state index is 9.72. The van der Waals surface area contributed by atoms with Crippen molar-refractivity contribution in [3.8, 4) is 0 Å². The van der Waals surface area contributed by atoms with Crippen LogP contribution in [-0.2, 0) is 0 Å². The van der Waals surface area contributed by atoms with Crippen LogP contribution in [0.2, 0.25) is 0 Å². The van der Waals surface area contributed by atoms with Crippen LogP contribution in [0.3, 0.4) is 0 Å². The molecule has 0 saturated carbocycles. The molecule has 5 heteroatoms. The lowest BCUT2D eigenvalue weighted by atomic mass is 9.72. The second-order valence-electron chi connectivity index (χ2n) is 4.08. The Morgan fingerprint density at radius 3 is 2.94 bits per heavy atom. The second kappa shape index (κ2) is 4.02. The minimum atomic E-state index is -0.770. The highest BCUT2D eigenvalue weighted by molar-refractivity contribution is 6.68. The van der Waals surface area contributed by atoms with Crippen molar-refractivity contribution in [3.05, 3.63) is 29.3 Å². The van der Waals surface area contributed by atoms with Gasteiger partial charge in [-0.1, -0.05) is 23.8 Å². The molecule has 0 bridgehead atoms. The number of aliphatic imine (C=N–C) groups is 1. The summed E-state index contributed by atoms with van der Waals surface area (Å²) in [5.41, 5.74) is 9.30. The maximum absolute atomic E-state index is 9.72. The number of rotatable bonds is 1. The summed E-state index contributed by atoms with van der Waals surface area (Å²) in [6.07, 6.45) is 2.06. The third kappa shape index (κ3) is 2.09. The zero-order valence-corrected chi connectivity index (χ0v) is 9.36. The summed E-state index contributed by atoms with van der Waals surface area (Å²) >= 11 is 0. The lowest BCUT2D eigenvalue weighted by Crippen LogP contribution is -2.53. The maximum Gasteiger partial charge on any atom is 0.451 e. The normalized spacial score (nSPS) is 13.7. The van der Waals surface area contributed by atoms with Gasteiger partial charge in [0.25, 0.3) is 0 Å². The van der Waals surface area contributed by atoms with Crippen molar-refractivity contribution < 1.29 is 5.02 Å². The Labute approximate surface area is 95.0 Å². The Balaban J connectivity index is 2.47. The van der Waals surface area contributed by atoms with Crippen LogP contribution in [0.5, 0.6) is 0 Å². The quantitative estimate of drug-likeness (QED) is 0.592. The van der Waals surface area contributed by atoms with E-state index in [1.54, 1.807) is 0 Å². The number of nitrogens with one attached hydrogen (secondary N) is 1. The van der Waals surface area contributed by atoms with Crippen molar-refractivity contribution in [2.75, 3.05) is 0 Å². The van der Waals surface area contributed by atoms with Crippen LogP contribution in [0.4, 0.5) is 5.69 Å². The van der Waals surface area contributed by atoms with Gasteiger partial charge in [0.05, 0.1) is 5.69 Å². The van der Waals surface area contributed by atoms with E-state index < -0.39 is 7.05 Å². The van der Waals surface area contributed by atoms with Gasteiger partial charge < -0.3 is 16.0 Å². The molecule has 2 rings (SSSR count). The predicted octanol–water partition coefficient (Wildman–Crippen LogP) is 0.347. The monoisotopic (exact) mass is 215 g/mol. The zero-order valence-electron chi connectivity index (χ0n) is 9.36. The van der Waals surface area contributed by atoms with Crippen molar-refractivity contribution in [2.45, 2.75) is 13.8 Å². The van der Waals surface area contributed by atoms with Gasteiger partial charge >= 0.3 is 7.05 Å². The van der Waals surface area contributed by atoms with Gasteiger partial charge in [-0.15, -0.1) is 0 Å². The molecular weight excluding hydrogens is 201 g/mol. The van der Waals surface area contributed by atoms with E-state index in [1.807, 2.05) is 32.0 Å². The molecule has 0 unspecified atom stereocenters. The fourth-order valence-electron chi connectivity index (χ4n) is 1.69. The molecule has 4 nitrogen and oxygen atoms in total. The molecular formula is C11H14BN3O. The second-order valence-corrected chi connectivity index (χ2v) is 4.08. The Bertz CT molecular complexity index is 478. The number of hydrogen-bond acceptors (Lipinski definition) is 4. The minimum absolute atomic E-state index is 0.245. The lowest BCUT2D eigenvalue weighted by Gasteiger charge is -2.17. The van der Waals surface area contributed by atoms with Gasteiger partial charge in [-0.3, -0.25) is 0 Å². The summed E-state index contributed by atoms with van der Waals surface area (Å²) in [7, 11) is -0.770. The molecule has 0 fully saturated rings. The van der Waals surface area contributed by atoms with Gasteiger partial charge in [-0.2, -0.15) is 0 Å². The molecule has 4 N–H and O–H groups in total. The molecule has 16 heavy (non-hydrogen) atoms. The van der Waals surface area contributed by atoms with Crippen molar-refractivity contribution in [1.82, 2.24) is 5.23 Å². The molecule has 1 heterocycles. The average molecular weight is 215 g/mol. The molecule has 0 atom stereocenters. The number of benzene rings is 1. The lowest BCUT2D eigenvalue weighted by molar-refractivity contribution is 0.578. The van der Waals surface area contributed by atoms with Gasteiger partial charge in [0.15, 0.2) is 5.96 Å². The highest BCUT2D eigenvalue weighted by Crippen LogP contribution is 2.16. The van der Waals surface area contributed by atoms with Crippen LogP contribution < -0.4 is 16.4 Å². The third-order valence-electron chi connectivity index (χ3n) is 2.33. The third-order valence-corrected chi connectivity index (χ3v) is 2.33. The fourth-order valence-corrected chi connectivity index (χ4v) is 1.69. The molecule has 0 saturated heterocycles. The van der Waals surface area contributed by atoms with Crippen molar-refractivity contribution in [3.63, 3.8) is 0 Å². The van der Waals surface area contributed by atoms with Gasteiger partial charge in [0.2, 0.25) is 0 Å². The molecule has 0 spiro atoms. The molecule has 1 aliphatic rings. The Morgan fingerprint density at radius 2 is 2.25 bits per heavy atom. The molecule has 0 radical (unpaired) electrons. The number of nitrogens with zero attached hydrogens (tertiary/aromatic N) is 1. The largest absolute Gasteiger partial charge is 0.451 e. The van der Waals surface area contributed by atoms with E-state index in [1.165, 1.54) is 5.57 Å². The van der Waals surface area contributed by atoms with Crippen LogP contribution >= 0.6 is 0 Å². The number of hydrogen-bond donors (Lipinski definition) is 3. The first-order valence-corrected chi connectivity index (χ1v) is 5.14. The van der Waals surface area contributed by atoms with E-state index in [4.69, 9.17) is 5.73 Å². The smallest absolute Gasteiger partial charge is 0.429 e. The summed E-state index contributed by atoms with van der Waals surface area (Å²) in [6.45, 7) is 4.07. The van der Waals surface area contributed by atoms with Gasteiger partial charge in [-0.05, 0) is 25.5 Å². The molecule has 1 aromatic rings. The van der Waals surface area contributed by atoms with Crippen molar-refractivity contribution >= 4 is 30.2 Å². The summed E-state index contributed by atoms with van der Waals surface area (Å²) in [6, 6.07) is 5.73. The first-order valence-electron chi connectivity index (χ1n) is 5.14. The first-order chi connectivity index (χ1) is 7.56. The number of allylic oxidation sites excluding steroid dienone is 1. The van der Waals surface area contributed by atoms with Crippen LogP contribution in [-0.4, -0.2) is 18.0 Å². The van der Waals surface area contributed by atoms with Crippen molar-refractivity contribution in [1.29, 1.82) is 0 Å². The molecule has 82 valence electrons. The van der Waals surface area contributed by atoms with E-state index in [2.05, 4.69) is 16.3 Å². The van der Waals surface area contributed by atoms with E-state index in [0.29, 0.717) is 0 Å². The average Bonchev–Trinajstić information content (AvgIpc) is 2.15. The standard InChI is InChI=1S/C11H14BN3O/c1-7(2)5-8-3-4-9-10(6-8)14-11(13)15-12(9)16/h3-6,16H,1-2H3,(H3,13,14,15). The van der Waals surface area contributed by atoms with E-state index >= 15 is 0 Å². The predicted molar refractivity (Wildman–Crippen MR) is 67.8 cm³/mol. The number of fused-ring (bicyclic) bond motifs is 1. The highest BCUT2D eigenvalue weighted by atomic mass is 16.2. The van der Waals surface area contributed by atoms with E-state index in [-0.39, 0.29) is 5.96 Å². The molecule has 0 aromatic heterocycles. The Kier molecular flexibility index (Phi) is 2.70. The van der Waals surface area contributed by atoms with Gasteiger partial charge in [-0.25, -0.2) is 4.99 Å². The van der Waals surface area contributed by atoms with Gasteiger partial charge in [0.1, 0.15) is 0 Å². The SMILES string of the molecule is CC(C)=Cc1ccc2c(c1)N=C(N)NB2O. The van der Waals surface area contributed by atoms with Crippen LogP contribution in [0.15, 0.2) is 28.8 Å². The first kappa shape index (κ1) is 10.8. The van der Waals surface area contributed by atoms with E-state index in [9.17, 15) is 5.02 Å². The molecule has 1 aromatic carbocycles. The molecule has 0 aliphatic carbocycles. The van der Waals surface area contributed by atoms with Crippen LogP contribution in [0, 0.1) is 0 Å². The highest BCUT2D eigenvalue weighted by Gasteiger charge is 2.23. The molecule has 0 amide bonds. The Hall–Kier alpha value is -1.75. The topological polar surface area (TPSA) is 70.6 Å². The van der Waals surface area contributed by atoms with Crippen LogP contribution in [0.1, 0.15) is 19.4 Å². The zero-order chi connectivity index (χ0) is 11.7. The van der Waals surface area contributed by atoms with Crippen molar-refractivity contribution in [2.24, 2.45) is 10.7 Å². The van der Waals surface area contributed by atoms with Gasteiger partial charge in [0, 0.05) is 5.46 Å². The summed E-state index contributed by atoms with van der Waals surface area (Å²) in [5, 5.41) is 12.4. The summed E-state index contributed by atoms with van der Waals surface area (Å²) in [4.78, 5) is 4.16. The number of nitrogens with two attached hydrogens (primary N) is 1. The molecule has 1 aliphatic heterocycles.